The predicted molar refractivity (Wildman–Crippen MR) is 59.7 cm³/mol. The van der Waals surface area contributed by atoms with Crippen molar-refractivity contribution in [3.63, 3.8) is 0 Å². The van der Waals surface area contributed by atoms with Crippen LogP contribution in [0.4, 0.5) is 11.6 Å². The van der Waals surface area contributed by atoms with E-state index in [-0.39, 0.29) is 6.54 Å². The van der Waals surface area contributed by atoms with E-state index in [2.05, 4.69) is 27.1 Å². The van der Waals surface area contributed by atoms with Crippen molar-refractivity contribution in [2.75, 3.05) is 30.4 Å². The van der Waals surface area contributed by atoms with Crippen LogP contribution in [0.1, 0.15) is 13.3 Å². The first-order valence-corrected chi connectivity index (χ1v) is 4.92. The van der Waals surface area contributed by atoms with Gasteiger partial charge in [0.2, 0.25) is 0 Å². The molecule has 1 heterocycles. The summed E-state index contributed by atoms with van der Waals surface area (Å²) in [6.07, 6.45) is 2.57. The SMILES string of the molecule is CCCN(C)c1cc(NCC#N)ncn1. The van der Waals surface area contributed by atoms with Gasteiger partial charge in [0.15, 0.2) is 0 Å². The molecule has 15 heavy (non-hydrogen) atoms. The van der Waals surface area contributed by atoms with E-state index in [0.717, 1.165) is 18.8 Å². The lowest BCUT2D eigenvalue weighted by atomic mass is 10.4. The molecule has 5 heteroatoms. The zero-order chi connectivity index (χ0) is 11.1. The van der Waals surface area contributed by atoms with Gasteiger partial charge in [-0.25, -0.2) is 9.97 Å². The fourth-order valence-electron chi connectivity index (χ4n) is 1.23. The Bertz CT molecular complexity index is 344. The zero-order valence-electron chi connectivity index (χ0n) is 9.06. The van der Waals surface area contributed by atoms with Gasteiger partial charge in [-0.05, 0) is 6.42 Å². The quantitative estimate of drug-likeness (QED) is 0.733. The van der Waals surface area contributed by atoms with Gasteiger partial charge < -0.3 is 10.2 Å². The summed E-state index contributed by atoms with van der Waals surface area (Å²) in [6, 6.07) is 3.85. The van der Waals surface area contributed by atoms with Crippen molar-refractivity contribution in [3.8, 4) is 6.07 Å². The molecule has 0 saturated carbocycles. The van der Waals surface area contributed by atoms with Crippen molar-refractivity contribution in [2.45, 2.75) is 13.3 Å². The van der Waals surface area contributed by atoms with Gasteiger partial charge in [0.25, 0.3) is 0 Å². The molecule has 1 N–H and O–H groups in total. The minimum atomic E-state index is 0.258. The molecule has 0 spiro atoms. The van der Waals surface area contributed by atoms with Crippen LogP contribution in [0.5, 0.6) is 0 Å². The average Bonchev–Trinajstić information content (AvgIpc) is 2.27. The molecule has 1 aromatic rings. The first-order valence-electron chi connectivity index (χ1n) is 4.92. The number of rotatable bonds is 5. The molecule has 0 unspecified atom stereocenters. The molecule has 0 bridgehead atoms. The molecule has 0 saturated heterocycles. The van der Waals surface area contributed by atoms with Crippen molar-refractivity contribution in [1.82, 2.24) is 9.97 Å². The average molecular weight is 205 g/mol. The monoisotopic (exact) mass is 205 g/mol. The summed E-state index contributed by atoms with van der Waals surface area (Å²) in [4.78, 5) is 10.2. The summed E-state index contributed by atoms with van der Waals surface area (Å²) >= 11 is 0. The van der Waals surface area contributed by atoms with E-state index in [9.17, 15) is 0 Å². The molecule has 0 aromatic carbocycles. The number of nitrogens with one attached hydrogen (secondary N) is 1. The first kappa shape index (κ1) is 11.2. The van der Waals surface area contributed by atoms with Crippen molar-refractivity contribution < 1.29 is 0 Å². The van der Waals surface area contributed by atoms with Gasteiger partial charge in [-0.3, -0.25) is 0 Å². The number of aromatic nitrogens is 2. The van der Waals surface area contributed by atoms with E-state index in [1.54, 1.807) is 0 Å². The number of anilines is 2. The van der Waals surface area contributed by atoms with Gasteiger partial charge in [-0.2, -0.15) is 5.26 Å². The predicted octanol–water partition coefficient (Wildman–Crippen LogP) is 1.26. The molecule has 0 aliphatic heterocycles. The smallest absolute Gasteiger partial charge is 0.133 e. The number of hydrogen-bond acceptors (Lipinski definition) is 5. The normalized spacial score (nSPS) is 9.40. The second-order valence-corrected chi connectivity index (χ2v) is 3.19. The second-order valence-electron chi connectivity index (χ2n) is 3.19. The van der Waals surface area contributed by atoms with Crippen LogP contribution < -0.4 is 10.2 Å². The third kappa shape index (κ3) is 3.43. The van der Waals surface area contributed by atoms with E-state index in [1.807, 2.05) is 19.2 Å². The maximum Gasteiger partial charge on any atom is 0.133 e. The number of hydrogen-bond donors (Lipinski definition) is 1. The van der Waals surface area contributed by atoms with E-state index < -0.39 is 0 Å². The summed E-state index contributed by atoms with van der Waals surface area (Å²) in [7, 11) is 1.99. The second kappa shape index (κ2) is 5.81. The Morgan fingerprint density at radius 2 is 2.33 bits per heavy atom. The van der Waals surface area contributed by atoms with Gasteiger partial charge >= 0.3 is 0 Å². The molecule has 80 valence electrons. The number of nitriles is 1. The highest BCUT2D eigenvalue weighted by Crippen LogP contribution is 2.12. The molecule has 1 aromatic heterocycles. The minimum Gasteiger partial charge on any atom is -0.360 e. The Balaban J connectivity index is 2.69. The molecule has 0 amide bonds. The fourth-order valence-corrected chi connectivity index (χ4v) is 1.23. The summed E-state index contributed by atoms with van der Waals surface area (Å²) in [5.74, 6) is 1.55. The lowest BCUT2D eigenvalue weighted by Gasteiger charge is -2.17. The van der Waals surface area contributed by atoms with Crippen molar-refractivity contribution in [2.24, 2.45) is 0 Å². The molecule has 0 atom stereocenters. The van der Waals surface area contributed by atoms with E-state index >= 15 is 0 Å². The van der Waals surface area contributed by atoms with Crippen LogP contribution in [0.2, 0.25) is 0 Å². The van der Waals surface area contributed by atoms with Crippen molar-refractivity contribution in [1.29, 1.82) is 5.26 Å². The highest BCUT2D eigenvalue weighted by atomic mass is 15.2. The molecule has 0 radical (unpaired) electrons. The molecule has 5 nitrogen and oxygen atoms in total. The summed E-state index contributed by atoms with van der Waals surface area (Å²) in [6.45, 7) is 3.33. The third-order valence-corrected chi connectivity index (χ3v) is 1.95. The zero-order valence-corrected chi connectivity index (χ0v) is 9.06. The highest BCUT2D eigenvalue weighted by Gasteiger charge is 2.02. The largest absolute Gasteiger partial charge is 0.360 e. The Kier molecular flexibility index (Phi) is 4.35. The van der Waals surface area contributed by atoms with Crippen LogP contribution in [0.15, 0.2) is 12.4 Å². The van der Waals surface area contributed by atoms with Gasteiger partial charge in [-0.1, -0.05) is 6.92 Å². The maximum atomic E-state index is 8.42. The van der Waals surface area contributed by atoms with E-state index in [1.165, 1.54) is 6.33 Å². The Morgan fingerprint density at radius 1 is 1.53 bits per heavy atom. The lowest BCUT2D eigenvalue weighted by Crippen LogP contribution is -2.19. The van der Waals surface area contributed by atoms with Crippen LogP contribution in [-0.2, 0) is 0 Å². The van der Waals surface area contributed by atoms with Crippen molar-refractivity contribution in [3.05, 3.63) is 12.4 Å². The Hall–Kier alpha value is -1.83. The summed E-state index contributed by atoms with van der Waals surface area (Å²) in [5.41, 5.74) is 0. The van der Waals surface area contributed by atoms with Gasteiger partial charge in [-0.15, -0.1) is 0 Å². The third-order valence-electron chi connectivity index (χ3n) is 1.95. The van der Waals surface area contributed by atoms with Gasteiger partial charge in [0.1, 0.15) is 24.5 Å². The van der Waals surface area contributed by atoms with Crippen LogP contribution in [0.25, 0.3) is 0 Å². The van der Waals surface area contributed by atoms with Crippen LogP contribution in [0, 0.1) is 11.3 Å². The molecule has 0 aliphatic rings. The summed E-state index contributed by atoms with van der Waals surface area (Å²) < 4.78 is 0. The lowest BCUT2D eigenvalue weighted by molar-refractivity contribution is 0.834. The van der Waals surface area contributed by atoms with Gasteiger partial charge in [0.05, 0.1) is 6.07 Å². The number of nitrogens with zero attached hydrogens (tertiary/aromatic N) is 4. The van der Waals surface area contributed by atoms with Crippen molar-refractivity contribution >= 4 is 11.6 Å². The first-order chi connectivity index (χ1) is 7.27. The van der Waals surface area contributed by atoms with E-state index in [4.69, 9.17) is 5.26 Å². The van der Waals surface area contributed by atoms with Crippen LogP contribution >= 0.6 is 0 Å². The molecular weight excluding hydrogens is 190 g/mol. The maximum absolute atomic E-state index is 8.42. The molecular formula is C10H15N5. The van der Waals surface area contributed by atoms with E-state index in [0.29, 0.717) is 5.82 Å². The molecule has 1 rings (SSSR count). The Morgan fingerprint density at radius 3 is 3.00 bits per heavy atom. The van der Waals surface area contributed by atoms with Crippen LogP contribution in [0.3, 0.4) is 0 Å². The van der Waals surface area contributed by atoms with Crippen LogP contribution in [-0.4, -0.2) is 30.1 Å². The van der Waals surface area contributed by atoms with Gasteiger partial charge in [0, 0.05) is 19.7 Å². The minimum absolute atomic E-state index is 0.258. The molecule has 0 fully saturated rings. The Labute approximate surface area is 89.8 Å². The standard InChI is InChI=1S/C10H15N5/c1-3-6-15(2)10-7-9(12-5-4-11)13-8-14-10/h7-8H,3,5-6H2,1-2H3,(H,12,13,14). The fraction of sp³-hybridized carbons (Fsp3) is 0.500. The molecule has 0 aliphatic carbocycles. The highest BCUT2D eigenvalue weighted by molar-refractivity contribution is 5.48. The topological polar surface area (TPSA) is 64.8 Å². The summed E-state index contributed by atoms with van der Waals surface area (Å²) in [5, 5.41) is 11.3.